The van der Waals surface area contributed by atoms with E-state index in [2.05, 4.69) is 0 Å². The smallest absolute Gasteiger partial charge is 0.274 e. The van der Waals surface area contributed by atoms with Gasteiger partial charge in [0.15, 0.2) is 0 Å². The average Bonchev–Trinajstić information content (AvgIpc) is 2.56. The predicted molar refractivity (Wildman–Crippen MR) is 84.2 cm³/mol. The molecule has 0 spiro atoms. The first-order chi connectivity index (χ1) is 10.7. The summed E-state index contributed by atoms with van der Waals surface area (Å²) < 4.78 is 0. The molecule has 0 atom stereocenters. The number of hydroxylamine groups is 1. The molecule has 0 fully saturated rings. The van der Waals surface area contributed by atoms with Gasteiger partial charge in [-0.2, -0.15) is 0 Å². The van der Waals surface area contributed by atoms with Gasteiger partial charge in [-0.3, -0.25) is 19.7 Å². The Labute approximate surface area is 129 Å². The van der Waals surface area contributed by atoms with Crippen molar-refractivity contribution < 1.29 is 14.8 Å². The first-order valence-electron chi connectivity index (χ1n) is 7.10. The number of hydrogen-bond donors (Lipinski definition) is 2. The molecule has 0 radical (unpaired) electrons. The summed E-state index contributed by atoms with van der Waals surface area (Å²) in [7, 11) is 0. The highest BCUT2D eigenvalue weighted by Crippen LogP contribution is 2.27. The second-order valence-electron chi connectivity index (χ2n) is 4.81. The molecule has 0 aromatic heterocycles. The molecule has 114 valence electrons. The standard InChI is InChI=1S/C17H18N2O3/c1-2-7-16(20)19(14-9-4-3-5-10-14)15-11-6-8-13(12-15)17(21)18-22/h3-6,8-12,22H,2,7H2,1H3,(H,18,21). The van der Waals surface area contributed by atoms with Gasteiger partial charge in [0.25, 0.3) is 5.91 Å². The first-order valence-corrected chi connectivity index (χ1v) is 7.10. The number of amides is 2. The molecule has 5 heteroatoms. The van der Waals surface area contributed by atoms with Gasteiger partial charge in [0, 0.05) is 23.4 Å². The van der Waals surface area contributed by atoms with Crippen molar-refractivity contribution in [2.24, 2.45) is 0 Å². The summed E-state index contributed by atoms with van der Waals surface area (Å²) in [5, 5.41) is 8.75. The quantitative estimate of drug-likeness (QED) is 0.657. The van der Waals surface area contributed by atoms with Crippen molar-refractivity contribution in [1.82, 2.24) is 5.48 Å². The SMILES string of the molecule is CCCC(=O)N(c1ccccc1)c1cccc(C(=O)NO)c1. The van der Waals surface area contributed by atoms with Gasteiger partial charge in [-0.15, -0.1) is 0 Å². The van der Waals surface area contributed by atoms with Gasteiger partial charge in [-0.05, 0) is 36.8 Å². The van der Waals surface area contributed by atoms with Gasteiger partial charge in [0.05, 0.1) is 0 Å². The molecule has 2 amide bonds. The Bertz CT molecular complexity index is 656. The van der Waals surface area contributed by atoms with Crippen LogP contribution >= 0.6 is 0 Å². The number of carbonyl (C=O) groups excluding carboxylic acids is 2. The summed E-state index contributed by atoms with van der Waals surface area (Å²) >= 11 is 0. The van der Waals surface area contributed by atoms with E-state index in [1.165, 1.54) is 0 Å². The van der Waals surface area contributed by atoms with Crippen LogP contribution in [-0.2, 0) is 4.79 Å². The van der Waals surface area contributed by atoms with Crippen LogP contribution in [0.5, 0.6) is 0 Å². The van der Waals surface area contributed by atoms with Crippen LogP contribution in [-0.4, -0.2) is 17.0 Å². The Hall–Kier alpha value is -2.66. The molecule has 2 aromatic carbocycles. The first kappa shape index (κ1) is 15.7. The Kier molecular flexibility index (Phi) is 5.27. The second-order valence-corrected chi connectivity index (χ2v) is 4.81. The summed E-state index contributed by atoms with van der Waals surface area (Å²) in [5.74, 6) is -0.659. The number of nitrogens with zero attached hydrogens (tertiary/aromatic N) is 1. The van der Waals surface area contributed by atoms with Crippen LogP contribution in [0.4, 0.5) is 11.4 Å². The van der Waals surface area contributed by atoms with Crippen molar-refractivity contribution >= 4 is 23.2 Å². The number of nitrogens with one attached hydrogen (secondary N) is 1. The van der Waals surface area contributed by atoms with E-state index in [-0.39, 0.29) is 11.5 Å². The third-order valence-electron chi connectivity index (χ3n) is 3.20. The lowest BCUT2D eigenvalue weighted by Crippen LogP contribution is -2.26. The van der Waals surface area contributed by atoms with Crippen molar-refractivity contribution in [1.29, 1.82) is 0 Å². The monoisotopic (exact) mass is 298 g/mol. The molecule has 0 heterocycles. The fourth-order valence-electron chi connectivity index (χ4n) is 2.19. The van der Waals surface area contributed by atoms with Crippen LogP contribution < -0.4 is 10.4 Å². The van der Waals surface area contributed by atoms with E-state index in [0.29, 0.717) is 12.1 Å². The summed E-state index contributed by atoms with van der Waals surface area (Å²) in [6.45, 7) is 1.94. The maximum absolute atomic E-state index is 12.5. The molecular weight excluding hydrogens is 280 g/mol. The number of hydrogen-bond acceptors (Lipinski definition) is 3. The number of benzene rings is 2. The van der Waals surface area contributed by atoms with Crippen molar-refractivity contribution in [3.63, 3.8) is 0 Å². The van der Waals surface area contributed by atoms with Crippen LogP contribution in [0.25, 0.3) is 0 Å². The fourth-order valence-corrected chi connectivity index (χ4v) is 2.19. The van der Waals surface area contributed by atoms with Gasteiger partial charge < -0.3 is 0 Å². The zero-order valence-electron chi connectivity index (χ0n) is 12.3. The zero-order valence-corrected chi connectivity index (χ0v) is 12.3. The van der Waals surface area contributed by atoms with Gasteiger partial charge in [0.2, 0.25) is 5.91 Å². The average molecular weight is 298 g/mol. The van der Waals surface area contributed by atoms with Crippen molar-refractivity contribution in [3.05, 3.63) is 60.2 Å². The van der Waals surface area contributed by atoms with Gasteiger partial charge in [-0.1, -0.05) is 31.2 Å². The predicted octanol–water partition coefficient (Wildman–Crippen LogP) is 3.27. The van der Waals surface area contributed by atoms with E-state index in [4.69, 9.17) is 5.21 Å². The van der Waals surface area contributed by atoms with E-state index in [9.17, 15) is 9.59 Å². The molecule has 22 heavy (non-hydrogen) atoms. The Morgan fingerprint density at radius 2 is 1.73 bits per heavy atom. The lowest BCUT2D eigenvalue weighted by Gasteiger charge is -2.23. The third-order valence-corrected chi connectivity index (χ3v) is 3.20. The minimum Gasteiger partial charge on any atom is -0.288 e. The summed E-state index contributed by atoms with van der Waals surface area (Å²) in [6, 6.07) is 15.8. The lowest BCUT2D eigenvalue weighted by molar-refractivity contribution is -0.117. The number of rotatable bonds is 5. The van der Waals surface area contributed by atoms with Gasteiger partial charge in [0.1, 0.15) is 0 Å². The molecular formula is C17H18N2O3. The van der Waals surface area contributed by atoms with Crippen LogP contribution in [0.2, 0.25) is 0 Å². The van der Waals surface area contributed by atoms with Crippen LogP contribution in [0.1, 0.15) is 30.1 Å². The van der Waals surface area contributed by atoms with Crippen LogP contribution in [0.3, 0.4) is 0 Å². The molecule has 0 unspecified atom stereocenters. The minimum atomic E-state index is -0.613. The molecule has 0 aliphatic carbocycles. The van der Waals surface area contributed by atoms with Gasteiger partial charge in [-0.25, -0.2) is 5.48 Å². The van der Waals surface area contributed by atoms with Crippen molar-refractivity contribution in [2.75, 3.05) is 4.90 Å². The molecule has 2 rings (SSSR count). The molecule has 0 aliphatic heterocycles. The largest absolute Gasteiger partial charge is 0.288 e. The number of para-hydroxylation sites is 1. The van der Waals surface area contributed by atoms with Gasteiger partial charge >= 0.3 is 0 Å². The van der Waals surface area contributed by atoms with Crippen LogP contribution in [0.15, 0.2) is 54.6 Å². The highest BCUT2D eigenvalue weighted by atomic mass is 16.5. The topological polar surface area (TPSA) is 69.6 Å². The van der Waals surface area contributed by atoms with Crippen molar-refractivity contribution in [3.8, 4) is 0 Å². The molecule has 2 N–H and O–H groups in total. The van der Waals surface area contributed by atoms with Crippen LogP contribution in [0, 0.1) is 0 Å². The summed E-state index contributed by atoms with van der Waals surface area (Å²) in [5.41, 5.74) is 3.21. The summed E-state index contributed by atoms with van der Waals surface area (Å²) in [6.07, 6.45) is 1.14. The normalized spacial score (nSPS) is 10.1. The zero-order chi connectivity index (χ0) is 15.9. The maximum atomic E-state index is 12.5. The van der Waals surface area contributed by atoms with E-state index < -0.39 is 5.91 Å². The molecule has 0 aliphatic rings. The Morgan fingerprint density at radius 3 is 2.36 bits per heavy atom. The third kappa shape index (κ3) is 3.51. The van der Waals surface area contributed by atoms with E-state index >= 15 is 0 Å². The molecule has 0 saturated heterocycles. The lowest BCUT2D eigenvalue weighted by atomic mass is 10.1. The maximum Gasteiger partial charge on any atom is 0.274 e. The highest BCUT2D eigenvalue weighted by molar-refractivity contribution is 6.02. The molecule has 5 nitrogen and oxygen atoms in total. The van der Waals surface area contributed by atoms with E-state index in [1.54, 1.807) is 34.6 Å². The summed E-state index contributed by atoms with van der Waals surface area (Å²) in [4.78, 5) is 25.6. The van der Waals surface area contributed by atoms with E-state index in [0.717, 1.165) is 12.1 Å². The highest BCUT2D eigenvalue weighted by Gasteiger charge is 2.18. The molecule has 0 bridgehead atoms. The second kappa shape index (κ2) is 7.38. The number of carbonyl (C=O) groups is 2. The molecule has 0 saturated carbocycles. The Balaban J connectivity index is 2.45. The van der Waals surface area contributed by atoms with Crippen molar-refractivity contribution in [2.45, 2.75) is 19.8 Å². The van der Waals surface area contributed by atoms with E-state index in [1.807, 2.05) is 37.3 Å². The Morgan fingerprint density at radius 1 is 1.05 bits per heavy atom. The number of anilines is 2. The molecule has 2 aromatic rings. The fraction of sp³-hybridized carbons (Fsp3) is 0.176. The minimum absolute atomic E-state index is 0.0461.